The molecule has 0 bridgehead atoms. The van der Waals surface area contributed by atoms with Crippen molar-refractivity contribution >= 4 is 39.2 Å². The van der Waals surface area contributed by atoms with Crippen molar-refractivity contribution in [2.75, 3.05) is 18.1 Å². The third-order valence-corrected chi connectivity index (χ3v) is 5.42. The molecular weight excluding hydrogens is 356 g/mol. The van der Waals surface area contributed by atoms with E-state index in [1.807, 2.05) is 42.6 Å². The van der Waals surface area contributed by atoms with Crippen molar-refractivity contribution in [1.29, 1.82) is 0 Å². The molecule has 3 rings (SSSR count). The summed E-state index contributed by atoms with van der Waals surface area (Å²) in [6.07, 6.45) is 0.875. The Morgan fingerprint density at radius 1 is 1.36 bits per heavy atom. The zero-order chi connectivity index (χ0) is 17.8. The number of fused-ring (bicyclic) bond motifs is 1. The highest BCUT2D eigenvalue weighted by Crippen LogP contribution is 2.31. The second-order valence-electron chi connectivity index (χ2n) is 5.40. The van der Waals surface area contributed by atoms with Gasteiger partial charge in [0.25, 0.3) is 5.56 Å². The summed E-state index contributed by atoms with van der Waals surface area (Å²) >= 11 is 2.56. The fourth-order valence-corrected chi connectivity index (χ4v) is 4.10. The van der Waals surface area contributed by atoms with Crippen molar-refractivity contribution in [1.82, 2.24) is 15.0 Å². The van der Waals surface area contributed by atoms with E-state index in [-0.39, 0.29) is 17.2 Å². The van der Waals surface area contributed by atoms with E-state index in [0.29, 0.717) is 21.9 Å². The lowest BCUT2D eigenvalue weighted by Crippen LogP contribution is -2.31. The van der Waals surface area contributed by atoms with Gasteiger partial charge in [-0.25, -0.2) is 9.66 Å². The summed E-state index contributed by atoms with van der Waals surface area (Å²) in [5, 5.41) is 5.55. The lowest BCUT2D eigenvalue weighted by atomic mass is 10.1. The molecule has 0 aliphatic heterocycles. The Labute approximate surface area is 153 Å². The smallest absolute Gasteiger partial charge is 0.282 e. The number of hydrogen-bond acceptors (Lipinski definition) is 6. The van der Waals surface area contributed by atoms with Crippen LogP contribution in [0.5, 0.6) is 0 Å². The highest BCUT2D eigenvalue weighted by molar-refractivity contribution is 7.99. The summed E-state index contributed by atoms with van der Waals surface area (Å²) in [5.41, 5.74) is 1.48. The predicted molar refractivity (Wildman–Crippen MR) is 103 cm³/mol. The van der Waals surface area contributed by atoms with Crippen LogP contribution in [0.3, 0.4) is 0 Å². The van der Waals surface area contributed by atoms with E-state index in [4.69, 9.17) is 5.84 Å². The number of carbonyl (C=O) groups is 1. The van der Waals surface area contributed by atoms with Gasteiger partial charge in [-0.3, -0.25) is 9.59 Å². The molecule has 130 valence electrons. The number of thioether (sulfide) groups is 1. The van der Waals surface area contributed by atoms with Crippen LogP contribution in [0.25, 0.3) is 21.3 Å². The van der Waals surface area contributed by atoms with Gasteiger partial charge >= 0.3 is 0 Å². The number of nitrogen functional groups attached to an aromatic ring is 1. The molecule has 0 saturated carbocycles. The summed E-state index contributed by atoms with van der Waals surface area (Å²) in [6.45, 7) is 2.62. The zero-order valence-corrected chi connectivity index (χ0v) is 15.3. The molecule has 0 aliphatic carbocycles. The Bertz CT molecular complexity index is 950. The number of thiophene rings is 1. The number of aromatic nitrogens is 2. The van der Waals surface area contributed by atoms with Gasteiger partial charge in [0.1, 0.15) is 4.83 Å². The Morgan fingerprint density at radius 3 is 2.84 bits per heavy atom. The van der Waals surface area contributed by atoms with Crippen LogP contribution in [0.2, 0.25) is 0 Å². The van der Waals surface area contributed by atoms with Gasteiger partial charge in [-0.15, -0.1) is 11.3 Å². The Balaban J connectivity index is 1.93. The predicted octanol–water partition coefficient (Wildman–Crippen LogP) is 2.46. The summed E-state index contributed by atoms with van der Waals surface area (Å²) in [7, 11) is 0. The summed E-state index contributed by atoms with van der Waals surface area (Å²) in [4.78, 5) is 29.6. The molecule has 3 aromatic rings. The van der Waals surface area contributed by atoms with Gasteiger partial charge in [0, 0.05) is 17.5 Å². The first-order valence-corrected chi connectivity index (χ1v) is 9.72. The number of rotatable bonds is 6. The van der Waals surface area contributed by atoms with Crippen molar-refractivity contribution in [3.63, 3.8) is 0 Å². The topological polar surface area (TPSA) is 90.0 Å². The highest BCUT2D eigenvalue weighted by Gasteiger charge is 2.16. The molecule has 0 radical (unpaired) electrons. The van der Waals surface area contributed by atoms with Gasteiger partial charge in [-0.1, -0.05) is 49.0 Å². The largest absolute Gasteiger partial charge is 0.355 e. The summed E-state index contributed by atoms with van der Waals surface area (Å²) < 4.78 is 1.03. The molecule has 2 aromatic heterocycles. The molecule has 8 heteroatoms. The van der Waals surface area contributed by atoms with Crippen LogP contribution in [0.15, 0.2) is 45.7 Å². The quantitative estimate of drug-likeness (QED) is 0.393. The van der Waals surface area contributed by atoms with Crippen LogP contribution < -0.4 is 16.7 Å². The Hall–Kier alpha value is -2.32. The Morgan fingerprint density at radius 2 is 2.12 bits per heavy atom. The number of nitrogens with zero attached hydrogens (tertiary/aromatic N) is 2. The first-order chi connectivity index (χ1) is 12.1. The van der Waals surface area contributed by atoms with E-state index in [2.05, 4.69) is 10.3 Å². The summed E-state index contributed by atoms with van der Waals surface area (Å²) in [6, 6.07) is 9.67. The van der Waals surface area contributed by atoms with Gasteiger partial charge < -0.3 is 11.2 Å². The minimum absolute atomic E-state index is 0.0997. The van der Waals surface area contributed by atoms with Crippen molar-refractivity contribution in [2.45, 2.75) is 18.5 Å². The summed E-state index contributed by atoms with van der Waals surface area (Å²) in [5.74, 6) is 6.01. The number of hydrogen-bond donors (Lipinski definition) is 2. The van der Waals surface area contributed by atoms with Crippen LogP contribution in [0, 0.1) is 0 Å². The minimum atomic E-state index is -0.304. The lowest BCUT2D eigenvalue weighted by Gasteiger charge is -2.08. The SMILES string of the molecule is CCCNC(=O)CSc1nc2scc(-c3ccccc3)c2c(=O)n1N. The van der Waals surface area contributed by atoms with E-state index in [1.165, 1.54) is 11.3 Å². The monoisotopic (exact) mass is 374 g/mol. The fraction of sp³-hybridized carbons (Fsp3) is 0.235. The number of benzene rings is 1. The third-order valence-electron chi connectivity index (χ3n) is 3.60. The van der Waals surface area contributed by atoms with Gasteiger partial charge in [0.05, 0.1) is 11.1 Å². The molecule has 0 atom stereocenters. The van der Waals surface area contributed by atoms with Crippen LogP contribution in [0.1, 0.15) is 13.3 Å². The van der Waals surface area contributed by atoms with Gasteiger partial charge in [-0.05, 0) is 12.0 Å². The minimum Gasteiger partial charge on any atom is -0.355 e. The van der Waals surface area contributed by atoms with E-state index >= 15 is 0 Å². The molecule has 6 nitrogen and oxygen atoms in total. The molecule has 0 spiro atoms. The maximum absolute atomic E-state index is 12.7. The average molecular weight is 374 g/mol. The van der Waals surface area contributed by atoms with Crippen molar-refractivity contribution in [2.24, 2.45) is 0 Å². The van der Waals surface area contributed by atoms with Crippen LogP contribution >= 0.6 is 23.1 Å². The van der Waals surface area contributed by atoms with E-state index in [1.54, 1.807) is 0 Å². The number of carbonyl (C=O) groups excluding carboxylic acids is 1. The molecule has 0 unspecified atom stereocenters. The van der Waals surface area contributed by atoms with Gasteiger partial charge in [0.15, 0.2) is 5.16 Å². The standard InChI is InChI=1S/C17H18N4O2S2/c1-2-8-19-13(22)10-25-17-20-15-14(16(23)21(17)18)12(9-24-15)11-6-4-3-5-7-11/h3-7,9H,2,8,10,18H2,1H3,(H,19,22). The van der Waals surface area contributed by atoms with Crippen molar-refractivity contribution in [3.05, 3.63) is 46.1 Å². The van der Waals surface area contributed by atoms with E-state index in [0.717, 1.165) is 34.0 Å². The number of nitrogens with one attached hydrogen (secondary N) is 1. The number of amides is 1. The first-order valence-electron chi connectivity index (χ1n) is 7.86. The molecule has 2 heterocycles. The van der Waals surface area contributed by atoms with Gasteiger partial charge in [0.2, 0.25) is 5.91 Å². The molecule has 0 saturated heterocycles. The van der Waals surface area contributed by atoms with E-state index in [9.17, 15) is 9.59 Å². The maximum atomic E-state index is 12.7. The average Bonchev–Trinajstić information content (AvgIpc) is 3.06. The molecule has 1 aromatic carbocycles. The molecule has 0 aliphatic rings. The maximum Gasteiger partial charge on any atom is 0.282 e. The fourth-order valence-electron chi connectivity index (χ4n) is 2.36. The van der Waals surface area contributed by atoms with Crippen LogP contribution in [-0.4, -0.2) is 27.9 Å². The molecular formula is C17H18N4O2S2. The molecule has 3 N–H and O–H groups in total. The van der Waals surface area contributed by atoms with Gasteiger partial charge in [-0.2, -0.15) is 0 Å². The molecule has 1 amide bonds. The second kappa shape index (κ2) is 7.71. The second-order valence-corrected chi connectivity index (χ2v) is 7.20. The normalized spacial score (nSPS) is 10.9. The Kier molecular flexibility index (Phi) is 5.40. The third kappa shape index (κ3) is 3.69. The zero-order valence-electron chi connectivity index (χ0n) is 13.7. The van der Waals surface area contributed by atoms with Crippen molar-refractivity contribution < 1.29 is 4.79 Å². The highest BCUT2D eigenvalue weighted by atomic mass is 32.2. The lowest BCUT2D eigenvalue weighted by molar-refractivity contribution is -0.118. The van der Waals surface area contributed by atoms with Crippen LogP contribution in [-0.2, 0) is 4.79 Å². The van der Waals surface area contributed by atoms with Crippen LogP contribution in [0.4, 0.5) is 0 Å². The van der Waals surface area contributed by atoms with E-state index < -0.39 is 0 Å². The number of nitrogens with two attached hydrogens (primary N) is 1. The molecule has 25 heavy (non-hydrogen) atoms. The first kappa shape index (κ1) is 17.5. The molecule has 0 fully saturated rings. The van der Waals surface area contributed by atoms with Crippen molar-refractivity contribution in [3.8, 4) is 11.1 Å².